The topological polar surface area (TPSA) is 141 Å². The molecule has 4 aromatic rings. The van der Waals surface area contributed by atoms with Gasteiger partial charge in [-0.1, -0.05) is 12.1 Å². The largest absolute Gasteiger partial charge is 0.366 e. The highest BCUT2D eigenvalue weighted by molar-refractivity contribution is 6.15. The molecule has 0 atom stereocenters. The number of nitrogens with zero attached hydrogens (tertiary/aromatic N) is 4. The first kappa shape index (κ1) is 20.7. The number of rotatable bonds is 5. The van der Waals surface area contributed by atoms with Crippen molar-refractivity contribution >= 4 is 22.7 Å². The Bertz CT molecular complexity index is 1430. The number of halogens is 1. The van der Waals surface area contributed by atoms with Gasteiger partial charge in [-0.15, -0.1) is 0 Å². The van der Waals surface area contributed by atoms with Gasteiger partial charge in [-0.3, -0.25) is 14.3 Å². The Balaban J connectivity index is 1.91. The van der Waals surface area contributed by atoms with Crippen molar-refractivity contribution in [1.29, 1.82) is 5.26 Å². The van der Waals surface area contributed by atoms with E-state index in [1.807, 2.05) is 12.1 Å². The number of amides is 2. The van der Waals surface area contributed by atoms with Crippen LogP contribution < -0.4 is 11.5 Å². The maximum atomic E-state index is 13.7. The van der Waals surface area contributed by atoms with Crippen molar-refractivity contribution in [1.82, 2.24) is 14.8 Å². The molecule has 2 aromatic heterocycles. The number of hydrogen-bond donors (Lipinski definition) is 2. The molecule has 0 aliphatic rings. The summed E-state index contributed by atoms with van der Waals surface area (Å²) in [5.74, 6) is -2.26. The molecule has 2 amide bonds. The first-order valence-electron chi connectivity index (χ1n) is 9.55. The summed E-state index contributed by atoms with van der Waals surface area (Å²) in [5.41, 5.74) is 13.8. The first-order chi connectivity index (χ1) is 15.3. The van der Waals surface area contributed by atoms with E-state index in [0.29, 0.717) is 28.8 Å². The standard InChI is InChI=1S/C23H17FN6O2/c1-12-17(10-28-30(12)11-14-4-2-13(9-25)3-5-14)19-20(22(26)31)16-7-6-15(24)8-18(16)29-21(19)23(27)32/h2-8,10H,11H2,1H3,(H2,26,31)(H2,27,32). The zero-order valence-electron chi connectivity index (χ0n) is 17.0. The Morgan fingerprint density at radius 3 is 2.47 bits per heavy atom. The second-order valence-electron chi connectivity index (χ2n) is 7.21. The summed E-state index contributed by atoms with van der Waals surface area (Å²) in [7, 11) is 0. The molecule has 0 saturated carbocycles. The molecule has 0 bridgehead atoms. The average Bonchev–Trinajstić information content (AvgIpc) is 3.12. The van der Waals surface area contributed by atoms with Crippen molar-refractivity contribution in [2.45, 2.75) is 13.5 Å². The third-order valence-corrected chi connectivity index (χ3v) is 5.22. The van der Waals surface area contributed by atoms with Crippen molar-refractivity contribution in [2.75, 3.05) is 0 Å². The van der Waals surface area contributed by atoms with Crippen LogP contribution in [-0.4, -0.2) is 26.6 Å². The van der Waals surface area contributed by atoms with E-state index in [0.717, 1.165) is 11.6 Å². The monoisotopic (exact) mass is 428 g/mol. The first-order valence-corrected chi connectivity index (χ1v) is 9.55. The molecule has 0 radical (unpaired) electrons. The highest BCUT2D eigenvalue weighted by Crippen LogP contribution is 2.34. The molecule has 0 aliphatic carbocycles. The van der Waals surface area contributed by atoms with Crippen LogP contribution in [0.1, 0.15) is 37.7 Å². The van der Waals surface area contributed by atoms with Crippen LogP contribution in [0.4, 0.5) is 4.39 Å². The molecule has 0 aliphatic heterocycles. The van der Waals surface area contributed by atoms with Crippen LogP contribution in [0.5, 0.6) is 0 Å². The normalized spacial score (nSPS) is 10.8. The SMILES string of the molecule is Cc1c(-c2c(C(N)=O)nc3cc(F)ccc3c2C(N)=O)cnn1Cc1ccc(C#N)cc1. The fraction of sp³-hybridized carbons (Fsp3) is 0.0870. The van der Waals surface area contributed by atoms with E-state index in [1.54, 1.807) is 23.7 Å². The number of pyridine rings is 1. The van der Waals surface area contributed by atoms with Crippen molar-refractivity contribution in [3.8, 4) is 17.2 Å². The molecule has 8 nitrogen and oxygen atoms in total. The predicted octanol–water partition coefficient (Wildman–Crippen LogP) is 2.66. The van der Waals surface area contributed by atoms with Gasteiger partial charge in [0.15, 0.2) is 0 Å². The number of nitriles is 1. The van der Waals surface area contributed by atoms with Gasteiger partial charge in [-0.05, 0) is 36.8 Å². The van der Waals surface area contributed by atoms with Gasteiger partial charge in [0.2, 0.25) is 5.91 Å². The zero-order valence-corrected chi connectivity index (χ0v) is 17.0. The second-order valence-corrected chi connectivity index (χ2v) is 7.21. The van der Waals surface area contributed by atoms with E-state index in [4.69, 9.17) is 16.7 Å². The van der Waals surface area contributed by atoms with E-state index < -0.39 is 17.6 Å². The number of aromatic nitrogens is 3. The Labute approximate surface area is 181 Å². The Morgan fingerprint density at radius 2 is 1.84 bits per heavy atom. The fourth-order valence-corrected chi connectivity index (χ4v) is 3.64. The van der Waals surface area contributed by atoms with E-state index in [2.05, 4.69) is 16.2 Å². The summed E-state index contributed by atoms with van der Waals surface area (Å²) in [5, 5.41) is 13.6. The third-order valence-electron chi connectivity index (χ3n) is 5.22. The molecule has 0 unspecified atom stereocenters. The van der Waals surface area contributed by atoms with Gasteiger partial charge >= 0.3 is 0 Å². The van der Waals surface area contributed by atoms with Gasteiger partial charge in [-0.2, -0.15) is 10.4 Å². The highest BCUT2D eigenvalue weighted by atomic mass is 19.1. The smallest absolute Gasteiger partial charge is 0.267 e. The molecule has 4 N–H and O–H groups in total. The van der Waals surface area contributed by atoms with Gasteiger partial charge in [0.1, 0.15) is 11.5 Å². The molecular weight excluding hydrogens is 411 g/mol. The van der Waals surface area contributed by atoms with Crippen LogP contribution >= 0.6 is 0 Å². The van der Waals surface area contributed by atoms with E-state index in [-0.39, 0.29) is 22.3 Å². The molecule has 9 heteroatoms. The molecule has 4 rings (SSSR count). The quantitative estimate of drug-likeness (QED) is 0.503. The molecule has 2 heterocycles. The van der Waals surface area contributed by atoms with Crippen LogP contribution in [0.25, 0.3) is 22.0 Å². The minimum atomic E-state index is -0.882. The molecule has 0 spiro atoms. The number of primary amides is 2. The van der Waals surface area contributed by atoms with Crippen LogP contribution in [-0.2, 0) is 6.54 Å². The minimum Gasteiger partial charge on any atom is -0.366 e. The number of carbonyl (C=O) groups excluding carboxylic acids is 2. The maximum absolute atomic E-state index is 13.7. The van der Waals surface area contributed by atoms with Crippen molar-refractivity contribution in [2.24, 2.45) is 11.5 Å². The fourth-order valence-electron chi connectivity index (χ4n) is 3.64. The number of carbonyl (C=O) groups is 2. The average molecular weight is 428 g/mol. The summed E-state index contributed by atoms with van der Waals surface area (Å²) in [6.45, 7) is 2.16. The van der Waals surface area contributed by atoms with Crippen LogP contribution in [0, 0.1) is 24.1 Å². The van der Waals surface area contributed by atoms with Crippen LogP contribution in [0.2, 0.25) is 0 Å². The lowest BCUT2D eigenvalue weighted by atomic mass is 9.94. The predicted molar refractivity (Wildman–Crippen MR) is 115 cm³/mol. The van der Waals surface area contributed by atoms with Crippen LogP contribution in [0.3, 0.4) is 0 Å². The molecule has 32 heavy (non-hydrogen) atoms. The summed E-state index contributed by atoms with van der Waals surface area (Å²) < 4.78 is 15.4. The number of nitrogens with two attached hydrogens (primary N) is 2. The zero-order chi connectivity index (χ0) is 23.0. The van der Waals surface area contributed by atoms with Gasteiger partial charge in [0.05, 0.1) is 35.5 Å². The van der Waals surface area contributed by atoms with Crippen molar-refractivity contribution in [3.05, 3.63) is 82.6 Å². The molecule has 158 valence electrons. The maximum Gasteiger partial charge on any atom is 0.267 e. The third kappa shape index (κ3) is 3.54. The molecule has 2 aromatic carbocycles. The number of benzene rings is 2. The Morgan fingerprint density at radius 1 is 1.12 bits per heavy atom. The van der Waals surface area contributed by atoms with Crippen molar-refractivity contribution < 1.29 is 14.0 Å². The van der Waals surface area contributed by atoms with E-state index >= 15 is 0 Å². The lowest BCUT2D eigenvalue weighted by molar-refractivity contribution is 0.0996. The second kappa shape index (κ2) is 7.92. The molecule has 0 fully saturated rings. The summed E-state index contributed by atoms with van der Waals surface area (Å²) in [6, 6.07) is 12.8. The van der Waals surface area contributed by atoms with Gasteiger partial charge in [0.25, 0.3) is 5.91 Å². The van der Waals surface area contributed by atoms with Crippen LogP contribution in [0.15, 0.2) is 48.7 Å². The number of hydrogen-bond acceptors (Lipinski definition) is 5. The lowest BCUT2D eigenvalue weighted by Crippen LogP contribution is -2.20. The summed E-state index contributed by atoms with van der Waals surface area (Å²) in [6.07, 6.45) is 1.50. The lowest BCUT2D eigenvalue weighted by Gasteiger charge is -2.14. The highest BCUT2D eigenvalue weighted by Gasteiger charge is 2.26. The van der Waals surface area contributed by atoms with Gasteiger partial charge < -0.3 is 11.5 Å². The minimum absolute atomic E-state index is 0.0184. The number of fused-ring (bicyclic) bond motifs is 1. The molecule has 0 saturated heterocycles. The Hall–Kier alpha value is -4.58. The summed E-state index contributed by atoms with van der Waals surface area (Å²) >= 11 is 0. The van der Waals surface area contributed by atoms with Gasteiger partial charge in [-0.25, -0.2) is 9.37 Å². The summed E-state index contributed by atoms with van der Waals surface area (Å²) in [4.78, 5) is 28.9. The van der Waals surface area contributed by atoms with E-state index in [9.17, 15) is 14.0 Å². The van der Waals surface area contributed by atoms with E-state index in [1.165, 1.54) is 18.3 Å². The molecular formula is C23H17FN6O2. The van der Waals surface area contributed by atoms with Crippen molar-refractivity contribution in [3.63, 3.8) is 0 Å². The van der Waals surface area contributed by atoms with Gasteiger partial charge in [0, 0.05) is 28.3 Å². The Kier molecular flexibility index (Phi) is 5.12.